The predicted octanol–water partition coefficient (Wildman–Crippen LogP) is 4.63. The van der Waals surface area contributed by atoms with E-state index < -0.39 is 0 Å². The minimum atomic E-state index is 0. The first kappa shape index (κ1) is 24.2. The Morgan fingerprint density at radius 1 is 0.500 bits per heavy atom. The van der Waals surface area contributed by atoms with E-state index in [0.29, 0.717) is 0 Å². The maximum absolute atomic E-state index is 2.27. The van der Waals surface area contributed by atoms with Crippen molar-refractivity contribution in [3.8, 4) is 0 Å². The SMILES string of the molecule is C.C.CCCCCCCCCCC.[TlH3]. The van der Waals surface area contributed by atoms with Crippen LogP contribution in [0.5, 0.6) is 0 Å². The van der Waals surface area contributed by atoms with Gasteiger partial charge in [-0.1, -0.05) is 86.5 Å². The average Bonchev–Trinajstić information content (AvgIpc) is 2.03. The summed E-state index contributed by atoms with van der Waals surface area (Å²) in [6.45, 7) is 4.55. The van der Waals surface area contributed by atoms with Crippen LogP contribution in [0.4, 0.5) is 0 Å². The molecule has 0 atom stereocenters. The van der Waals surface area contributed by atoms with Crippen molar-refractivity contribution in [2.75, 3.05) is 0 Å². The second-order valence-corrected chi connectivity index (χ2v) is 3.47. The topological polar surface area (TPSA) is 0 Å². The van der Waals surface area contributed by atoms with E-state index in [0.717, 1.165) is 0 Å². The van der Waals surface area contributed by atoms with Crippen molar-refractivity contribution in [2.45, 2.75) is 86.5 Å². The molecule has 0 aliphatic rings. The molecule has 0 bridgehead atoms. The molecule has 0 amide bonds. The fourth-order valence-electron chi connectivity index (χ4n) is 1.38. The van der Waals surface area contributed by atoms with Gasteiger partial charge in [0.15, 0.2) is 0 Å². The van der Waals surface area contributed by atoms with Gasteiger partial charge in [0.05, 0.1) is 0 Å². The Morgan fingerprint density at radius 2 is 0.714 bits per heavy atom. The first-order valence-corrected chi connectivity index (χ1v) is 5.41. The molecule has 0 aromatic rings. The summed E-state index contributed by atoms with van der Waals surface area (Å²) in [4.78, 5) is 0. The van der Waals surface area contributed by atoms with Crippen LogP contribution in [0.15, 0.2) is 0 Å². The van der Waals surface area contributed by atoms with Crippen LogP contribution in [0.25, 0.3) is 0 Å². The van der Waals surface area contributed by atoms with Gasteiger partial charge in [-0.05, 0) is 0 Å². The van der Waals surface area contributed by atoms with Gasteiger partial charge in [0, 0.05) is 0 Å². The minimum absolute atomic E-state index is 0. The van der Waals surface area contributed by atoms with E-state index in [2.05, 4.69) is 13.8 Å². The van der Waals surface area contributed by atoms with Crippen LogP contribution >= 0.6 is 0 Å². The maximum atomic E-state index is 2.27. The average molecular weight is 396 g/mol. The molecule has 0 unspecified atom stereocenters. The van der Waals surface area contributed by atoms with Crippen molar-refractivity contribution in [3.05, 3.63) is 0 Å². The monoisotopic (exact) mass is 396 g/mol. The van der Waals surface area contributed by atoms with Crippen molar-refractivity contribution in [3.63, 3.8) is 0 Å². The van der Waals surface area contributed by atoms with Crippen LogP contribution in [0.3, 0.4) is 0 Å². The summed E-state index contributed by atoms with van der Waals surface area (Å²) in [6, 6.07) is 0. The van der Waals surface area contributed by atoms with E-state index >= 15 is 0 Å². The van der Waals surface area contributed by atoms with Crippen LogP contribution in [-0.4, -0.2) is 27.3 Å². The van der Waals surface area contributed by atoms with E-state index in [9.17, 15) is 0 Å². The number of rotatable bonds is 8. The van der Waals surface area contributed by atoms with Crippen molar-refractivity contribution in [1.29, 1.82) is 0 Å². The van der Waals surface area contributed by atoms with Gasteiger partial charge >= 0.3 is 27.3 Å². The van der Waals surface area contributed by atoms with E-state index in [-0.39, 0.29) is 42.2 Å². The van der Waals surface area contributed by atoms with Crippen LogP contribution in [0, 0.1) is 0 Å². The molecule has 0 fully saturated rings. The Bertz CT molecular complexity index is 54.3. The first-order chi connectivity index (χ1) is 5.41. The molecule has 0 aromatic heterocycles. The molecule has 0 aliphatic carbocycles. The Morgan fingerprint density at radius 3 is 0.929 bits per heavy atom. The quantitative estimate of drug-likeness (QED) is 0.415. The standard InChI is InChI=1S/C11H24.2CH4.Tl.3H/c1-3-5-7-9-11-10-8-6-4-2;;;;;;/h3-11H2,1-2H3;2*1H4;;;;. The zero-order valence-electron chi connectivity index (χ0n) is 8.36. The molecule has 0 rings (SSSR count). The molecule has 1 radical (unpaired) electrons. The molecule has 1 heteroatoms. The van der Waals surface area contributed by atoms with Crippen LogP contribution in [-0.2, 0) is 0 Å². The molecule has 0 aliphatic heterocycles. The molecule has 0 nitrogen and oxygen atoms in total. The van der Waals surface area contributed by atoms with E-state index in [1.165, 1.54) is 57.8 Å². The third-order valence-electron chi connectivity index (χ3n) is 2.21. The van der Waals surface area contributed by atoms with Crippen LogP contribution in [0.1, 0.15) is 86.5 Å². The van der Waals surface area contributed by atoms with Gasteiger partial charge in [0.25, 0.3) is 0 Å². The summed E-state index contributed by atoms with van der Waals surface area (Å²) in [5, 5.41) is 0. The fourth-order valence-corrected chi connectivity index (χ4v) is 1.38. The summed E-state index contributed by atoms with van der Waals surface area (Å²) in [5.74, 6) is 0. The van der Waals surface area contributed by atoms with E-state index in [4.69, 9.17) is 0 Å². The van der Waals surface area contributed by atoms with E-state index in [1.807, 2.05) is 0 Å². The fraction of sp³-hybridized carbons (Fsp3) is 1.00. The third kappa shape index (κ3) is 23.1. The Hall–Kier alpha value is 0.922. The summed E-state index contributed by atoms with van der Waals surface area (Å²) in [6.07, 6.45) is 13.0. The molecule has 90 valence electrons. The van der Waals surface area contributed by atoms with Gasteiger partial charge in [-0.15, -0.1) is 0 Å². The zero-order chi connectivity index (χ0) is 8.36. The van der Waals surface area contributed by atoms with Crippen LogP contribution in [0.2, 0.25) is 0 Å². The second-order valence-electron chi connectivity index (χ2n) is 3.47. The summed E-state index contributed by atoms with van der Waals surface area (Å²) in [5.41, 5.74) is 0. The van der Waals surface area contributed by atoms with E-state index in [1.54, 1.807) is 0 Å². The zero-order valence-corrected chi connectivity index (χ0v) is 8.36. The summed E-state index contributed by atoms with van der Waals surface area (Å²) >= 11 is 0. The van der Waals surface area contributed by atoms with Crippen LogP contribution < -0.4 is 0 Å². The predicted molar refractivity (Wildman–Crippen MR) is 76.3 cm³/mol. The van der Waals surface area contributed by atoms with Crippen molar-refractivity contribution >= 4 is 27.3 Å². The van der Waals surface area contributed by atoms with Crippen molar-refractivity contribution in [2.24, 2.45) is 0 Å². The molecular weight excluding hydrogens is 361 g/mol. The van der Waals surface area contributed by atoms with Crippen molar-refractivity contribution < 1.29 is 0 Å². The molecule has 14 heavy (non-hydrogen) atoms. The molecule has 0 N–H and O–H groups in total. The van der Waals surface area contributed by atoms with Gasteiger partial charge in [-0.25, -0.2) is 0 Å². The van der Waals surface area contributed by atoms with Gasteiger partial charge in [0.2, 0.25) is 0 Å². The van der Waals surface area contributed by atoms with Gasteiger partial charge < -0.3 is 0 Å². The number of hydrogen-bond donors (Lipinski definition) is 0. The molecule has 0 spiro atoms. The van der Waals surface area contributed by atoms with Crippen molar-refractivity contribution in [1.82, 2.24) is 0 Å². The number of hydrogen-bond acceptors (Lipinski definition) is 0. The Labute approximate surface area is 113 Å². The van der Waals surface area contributed by atoms with Gasteiger partial charge in [-0.3, -0.25) is 0 Å². The molecule has 0 saturated carbocycles. The molecular formula is C13H35Tl. The Kier molecular flexibility index (Phi) is 40.9. The molecule has 0 saturated heterocycles. The second kappa shape index (κ2) is 23.6. The molecule has 0 aromatic carbocycles. The van der Waals surface area contributed by atoms with Gasteiger partial charge in [-0.2, -0.15) is 0 Å². The summed E-state index contributed by atoms with van der Waals surface area (Å²) < 4.78 is 0. The van der Waals surface area contributed by atoms with Gasteiger partial charge in [0.1, 0.15) is 0 Å². The Balaban J connectivity index is -0.000000167. The first-order valence-electron chi connectivity index (χ1n) is 5.41. The molecule has 0 heterocycles. The number of unbranched alkanes of at least 4 members (excludes halogenated alkanes) is 8. The third-order valence-corrected chi connectivity index (χ3v) is 2.21. The summed E-state index contributed by atoms with van der Waals surface area (Å²) in [7, 11) is 0. The normalized spacial score (nSPS) is 8.14.